The number of hydrogen-bond acceptors (Lipinski definition) is 6. The molecule has 0 saturated heterocycles. The average Bonchev–Trinajstić information content (AvgIpc) is 3.30. The largest absolute Gasteiger partial charge is 0.462 e. The van der Waals surface area contributed by atoms with Crippen LogP contribution < -0.4 is 0 Å². The highest BCUT2D eigenvalue weighted by atomic mass is 16.6. The summed E-state index contributed by atoms with van der Waals surface area (Å²) >= 11 is 0. The topological polar surface area (TPSA) is 78.9 Å². The maximum Gasteiger partial charge on any atom is 0.306 e. The zero-order chi connectivity index (χ0) is 47.2. The molecular formula is C59H90O6. The summed E-state index contributed by atoms with van der Waals surface area (Å²) in [5.41, 5.74) is 0. The Hall–Kier alpha value is -4.71. The van der Waals surface area contributed by atoms with Gasteiger partial charge in [0, 0.05) is 19.3 Å². The number of ether oxygens (including phenoxy) is 3. The summed E-state index contributed by atoms with van der Waals surface area (Å²) in [4.78, 5) is 38.0. The first kappa shape index (κ1) is 60.3. The molecule has 0 fully saturated rings. The van der Waals surface area contributed by atoms with Crippen molar-refractivity contribution in [1.29, 1.82) is 0 Å². The molecule has 6 heteroatoms. The maximum atomic E-state index is 12.8. The summed E-state index contributed by atoms with van der Waals surface area (Å²) in [7, 11) is 0. The van der Waals surface area contributed by atoms with Crippen LogP contribution >= 0.6 is 0 Å². The van der Waals surface area contributed by atoms with E-state index in [0.717, 1.165) is 135 Å². The first-order valence-electron chi connectivity index (χ1n) is 25.4. The Bertz CT molecular complexity index is 1490. The molecule has 0 spiro atoms. The van der Waals surface area contributed by atoms with Crippen LogP contribution in [-0.2, 0) is 28.6 Å². The molecule has 0 amide bonds. The van der Waals surface area contributed by atoms with Crippen LogP contribution in [0.3, 0.4) is 0 Å². The normalized spacial score (nSPS) is 13.3. The maximum absolute atomic E-state index is 12.8. The lowest BCUT2D eigenvalue weighted by Gasteiger charge is -2.18. The Kier molecular flexibility index (Phi) is 48.2. The fourth-order valence-electron chi connectivity index (χ4n) is 6.19. The van der Waals surface area contributed by atoms with E-state index in [9.17, 15) is 14.4 Å². The van der Waals surface area contributed by atoms with E-state index in [2.05, 4.69) is 130 Å². The predicted octanol–water partition coefficient (Wildman–Crippen LogP) is 16.9. The number of rotatable bonds is 43. The van der Waals surface area contributed by atoms with Crippen molar-refractivity contribution in [2.45, 2.75) is 194 Å². The lowest BCUT2D eigenvalue weighted by atomic mass is 10.1. The highest BCUT2D eigenvalue weighted by Crippen LogP contribution is 2.12. The highest BCUT2D eigenvalue weighted by molar-refractivity contribution is 5.71. The van der Waals surface area contributed by atoms with E-state index >= 15 is 0 Å². The minimum absolute atomic E-state index is 0.123. The monoisotopic (exact) mass is 895 g/mol. The van der Waals surface area contributed by atoms with Crippen LogP contribution in [0.2, 0.25) is 0 Å². The van der Waals surface area contributed by atoms with Crippen molar-refractivity contribution in [3.63, 3.8) is 0 Å². The molecule has 0 aromatic rings. The summed E-state index contributed by atoms with van der Waals surface area (Å²) in [5, 5.41) is 0. The molecule has 0 rings (SSSR count). The first-order valence-corrected chi connectivity index (χ1v) is 25.4. The second-order valence-electron chi connectivity index (χ2n) is 16.1. The Morgan fingerprint density at radius 3 is 1.12 bits per heavy atom. The van der Waals surface area contributed by atoms with E-state index in [0.29, 0.717) is 19.3 Å². The van der Waals surface area contributed by atoms with E-state index in [-0.39, 0.29) is 37.5 Å². The number of esters is 3. The van der Waals surface area contributed by atoms with E-state index in [1.807, 2.05) is 36.5 Å². The number of carbonyl (C=O) groups excluding carboxylic acids is 3. The fraction of sp³-hybridized carbons (Fsp3) is 0.542. The summed E-state index contributed by atoms with van der Waals surface area (Å²) in [6, 6.07) is 0. The quantitative estimate of drug-likeness (QED) is 0.0199. The number of hydrogen-bond donors (Lipinski definition) is 0. The Morgan fingerprint density at radius 1 is 0.338 bits per heavy atom. The molecule has 1 atom stereocenters. The van der Waals surface area contributed by atoms with Gasteiger partial charge in [0.25, 0.3) is 0 Å². The van der Waals surface area contributed by atoms with Gasteiger partial charge in [0.15, 0.2) is 6.10 Å². The first-order chi connectivity index (χ1) is 32.0. The zero-order valence-corrected chi connectivity index (χ0v) is 41.2. The van der Waals surface area contributed by atoms with Crippen LogP contribution in [0.4, 0.5) is 0 Å². The highest BCUT2D eigenvalue weighted by Gasteiger charge is 2.19. The van der Waals surface area contributed by atoms with Crippen molar-refractivity contribution in [3.05, 3.63) is 146 Å². The summed E-state index contributed by atoms with van der Waals surface area (Å²) in [5.74, 6) is -1.03. The van der Waals surface area contributed by atoms with Crippen LogP contribution in [0.15, 0.2) is 146 Å². The molecule has 362 valence electrons. The molecule has 0 bridgehead atoms. The SMILES string of the molecule is CC/C=C\C/C=C\C/C=C\C/C=C\C/C=C\CCCC(=O)OC(COC(=O)CCCCCCC\C=C/C=C\C=C/C=C\C=C/CCC)COC(=O)CCCCCCC/C=C\C/C=C\CC. The Balaban J connectivity index is 4.58. The minimum atomic E-state index is -0.830. The molecule has 0 N–H and O–H groups in total. The second-order valence-corrected chi connectivity index (χ2v) is 16.1. The third-order valence-electron chi connectivity index (χ3n) is 9.92. The molecule has 65 heavy (non-hydrogen) atoms. The Labute approximate surface area is 397 Å². The third-order valence-corrected chi connectivity index (χ3v) is 9.92. The summed E-state index contributed by atoms with van der Waals surface area (Å²) < 4.78 is 16.7. The lowest BCUT2D eigenvalue weighted by Crippen LogP contribution is -2.30. The van der Waals surface area contributed by atoms with E-state index in [1.165, 1.54) is 6.42 Å². The van der Waals surface area contributed by atoms with E-state index < -0.39 is 6.10 Å². The van der Waals surface area contributed by atoms with Gasteiger partial charge in [-0.1, -0.05) is 212 Å². The standard InChI is InChI=1S/C59H90O6/c1-4-7-10-13-16-19-22-25-27-29-31-32-34-37-40-43-46-49-52-58(61)64-55-56(54-63-57(60)51-48-45-42-39-36-24-21-18-15-12-9-6-3)65-59(62)53-50-47-44-41-38-35-33-30-28-26-23-20-17-14-11-8-5-2/h8-13,16-22,25-29,31-33,35,41,44,56H,4-7,14-15,23-24,30,34,36-40,42-43,45-55H2,1-3H3/b11-8-,12-9-,13-10-,19-16-,20-17-,21-18-,25-22-,28-26-,29-27-,32-31-,35-33-,44-41-. The van der Waals surface area contributed by atoms with Gasteiger partial charge < -0.3 is 14.2 Å². The molecule has 0 aromatic heterocycles. The second kappa shape index (κ2) is 51.9. The molecule has 6 nitrogen and oxygen atoms in total. The van der Waals surface area contributed by atoms with Crippen LogP contribution in [0, 0.1) is 0 Å². The van der Waals surface area contributed by atoms with Crippen molar-refractivity contribution >= 4 is 17.9 Å². The van der Waals surface area contributed by atoms with Gasteiger partial charge >= 0.3 is 17.9 Å². The molecule has 0 saturated carbocycles. The van der Waals surface area contributed by atoms with E-state index in [4.69, 9.17) is 14.2 Å². The van der Waals surface area contributed by atoms with Crippen molar-refractivity contribution < 1.29 is 28.6 Å². The average molecular weight is 895 g/mol. The Morgan fingerprint density at radius 2 is 0.677 bits per heavy atom. The van der Waals surface area contributed by atoms with Gasteiger partial charge in [-0.25, -0.2) is 0 Å². The smallest absolute Gasteiger partial charge is 0.306 e. The molecule has 0 aliphatic heterocycles. The molecule has 0 aliphatic rings. The van der Waals surface area contributed by atoms with Crippen LogP contribution in [0.1, 0.15) is 188 Å². The van der Waals surface area contributed by atoms with Gasteiger partial charge in [-0.2, -0.15) is 0 Å². The molecule has 1 unspecified atom stereocenters. The molecule has 0 radical (unpaired) electrons. The number of unbranched alkanes of at least 4 members (excludes halogenated alkanes) is 12. The van der Waals surface area contributed by atoms with Crippen molar-refractivity contribution in [2.24, 2.45) is 0 Å². The van der Waals surface area contributed by atoms with Crippen molar-refractivity contribution in [1.82, 2.24) is 0 Å². The van der Waals surface area contributed by atoms with Crippen molar-refractivity contribution in [3.8, 4) is 0 Å². The van der Waals surface area contributed by atoms with Crippen LogP contribution in [0.5, 0.6) is 0 Å². The van der Waals surface area contributed by atoms with Gasteiger partial charge in [0.05, 0.1) is 0 Å². The molecular weight excluding hydrogens is 805 g/mol. The fourth-order valence-corrected chi connectivity index (χ4v) is 6.19. The van der Waals surface area contributed by atoms with Gasteiger partial charge in [-0.15, -0.1) is 0 Å². The predicted molar refractivity (Wildman–Crippen MR) is 279 cm³/mol. The summed E-state index contributed by atoms with van der Waals surface area (Å²) in [6.07, 6.45) is 74.0. The minimum Gasteiger partial charge on any atom is -0.462 e. The number of carbonyl (C=O) groups is 3. The van der Waals surface area contributed by atoms with Crippen LogP contribution in [-0.4, -0.2) is 37.2 Å². The summed E-state index contributed by atoms with van der Waals surface area (Å²) in [6.45, 7) is 6.21. The van der Waals surface area contributed by atoms with Gasteiger partial charge in [0.1, 0.15) is 13.2 Å². The number of allylic oxidation sites excluding steroid dienone is 24. The molecule has 0 aromatic carbocycles. The molecule has 0 aliphatic carbocycles. The van der Waals surface area contributed by atoms with Gasteiger partial charge in [-0.3, -0.25) is 14.4 Å². The van der Waals surface area contributed by atoms with E-state index in [1.54, 1.807) is 0 Å². The van der Waals surface area contributed by atoms with Crippen LogP contribution in [0.25, 0.3) is 0 Å². The lowest BCUT2D eigenvalue weighted by molar-refractivity contribution is -0.167. The third kappa shape index (κ3) is 50.2. The van der Waals surface area contributed by atoms with Crippen molar-refractivity contribution in [2.75, 3.05) is 13.2 Å². The van der Waals surface area contributed by atoms with Gasteiger partial charge in [0.2, 0.25) is 0 Å². The molecule has 0 heterocycles. The zero-order valence-electron chi connectivity index (χ0n) is 41.2. The van der Waals surface area contributed by atoms with Gasteiger partial charge in [-0.05, 0) is 103 Å².